The minimum Gasteiger partial charge on any atom is -0.333 e. The average Bonchev–Trinajstić information content (AvgIpc) is 2.99. The van der Waals surface area contributed by atoms with Gasteiger partial charge in [0.2, 0.25) is 10.0 Å². The standard InChI is InChI=1S/C11H19N3O2S/c1-2-9-17(15,16)13-6-8-14-7-5-12-11(14)10-3-4-10/h5,7,10,13H,2-4,6,8-9H2,1H3. The summed E-state index contributed by atoms with van der Waals surface area (Å²) in [6.07, 6.45) is 6.76. The highest BCUT2D eigenvalue weighted by molar-refractivity contribution is 7.89. The van der Waals surface area contributed by atoms with Crippen molar-refractivity contribution in [1.29, 1.82) is 0 Å². The predicted molar refractivity (Wildman–Crippen MR) is 66.3 cm³/mol. The van der Waals surface area contributed by atoms with Gasteiger partial charge in [-0.2, -0.15) is 0 Å². The van der Waals surface area contributed by atoms with Crippen LogP contribution < -0.4 is 4.72 Å². The van der Waals surface area contributed by atoms with Gasteiger partial charge in [0.05, 0.1) is 5.75 Å². The second-order valence-electron chi connectivity index (χ2n) is 4.47. The van der Waals surface area contributed by atoms with Gasteiger partial charge >= 0.3 is 0 Å². The van der Waals surface area contributed by atoms with Crippen LogP contribution >= 0.6 is 0 Å². The molecule has 1 heterocycles. The second-order valence-corrected chi connectivity index (χ2v) is 6.39. The Bertz CT molecular complexity index is 463. The number of rotatable bonds is 7. The molecule has 1 N–H and O–H groups in total. The second kappa shape index (κ2) is 5.18. The number of nitrogens with zero attached hydrogens (tertiary/aromatic N) is 2. The average molecular weight is 257 g/mol. The van der Waals surface area contributed by atoms with Crippen molar-refractivity contribution in [2.45, 2.75) is 38.6 Å². The zero-order chi connectivity index (χ0) is 12.3. The Morgan fingerprint density at radius 2 is 2.29 bits per heavy atom. The van der Waals surface area contributed by atoms with Gasteiger partial charge in [0, 0.05) is 31.4 Å². The molecule has 5 nitrogen and oxygen atoms in total. The lowest BCUT2D eigenvalue weighted by molar-refractivity contribution is 0.568. The topological polar surface area (TPSA) is 64.0 Å². The summed E-state index contributed by atoms with van der Waals surface area (Å²) in [5.74, 6) is 1.89. The van der Waals surface area contributed by atoms with Gasteiger partial charge < -0.3 is 4.57 Å². The van der Waals surface area contributed by atoms with Gasteiger partial charge in [0.25, 0.3) is 0 Å². The van der Waals surface area contributed by atoms with E-state index in [4.69, 9.17) is 0 Å². The molecule has 1 aliphatic rings. The van der Waals surface area contributed by atoms with E-state index < -0.39 is 10.0 Å². The number of aromatic nitrogens is 2. The van der Waals surface area contributed by atoms with Gasteiger partial charge in [-0.15, -0.1) is 0 Å². The first-order valence-corrected chi connectivity index (χ1v) is 7.76. The molecule has 0 atom stereocenters. The molecular formula is C11H19N3O2S. The molecule has 96 valence electrons. The van der Waals surface area contributed by atoms with Crippen LogP contribution in [0.15, 0.2) is 12.4 Å². The van der Waals surface area contributed by atoms with Crippen molar-refractivity contribution in [2.75, 3.05) is 12.3 Å². The van der Waals surface area contributed by atoms with Crippen molar-refractivity contribution in [3.63, 3.8) is 0 Å². The fourth-order valence-electron chi connectivity index (χ4n) is 1.87. The Labute approximate surface area is 102 Å². The van der Waals surface area contributed by atoms with Gasteiger partial charge in [0.15, 0.2) is 0 Å². The van der Waals surface area contributed by atoms with E-state index in [2.05, 4.69) is 9.71 Å². The van der Waals surface area contributed by atoms with Crippen LogP contribution in [0.2, 0.25) is 0 Å². The Hall–Kier alpha value is -0.880. The van der Waals surface area contributed by atoms with Gasteiger partial charge in [-0.25, -0.2) is 18.1 Å². The van der Waals surface area contributed by atoms with Crippen LogP contribution in [0.25, 0.3) is 0 Å². The Kier molecular flexibility index (Phi) is 3.83. The molecule has 0 spiro atoms. The van der Waals surface area contributed by atoms with Crippen LogP contribution in [-0.2, 0) is 16.6 Å². The lowest BCUT2D eigenvalue weighted by Gasteiger charge is -2.08. The van der Waals surface area contributed by atoms with Crippen LogP contribution in [-0.4, -0.2) is 30.3 Å². The summed E-state index contributed by atoms with van der Waals surface area (Å²) in [6, 6.07) is 0. The van der Waals surface area contributed by atoms with E-state index in [1.807, 2.05) is 17.7 Å². The first-order valence-electron chi connectivity index (χ1n) is 6.11. The molecular weight excluding hydrogens is 238 g/mol. The number of nitrogens with one attached hydrogen (secondary N) is 1. The molecule has 2 rings (SSSR count). The summed E-state index contributed by atoms with van der Waals surface area (Å²) in [6.45, 7) is 2.97. The van der Waals surface area contributed by atoms with Crippen molar-refractivity contribution in [2.24, 2.45) is 0 Å². The molecule has 0 bridgehead atoms. The first-order chi connectivity index (χ1) is 8.12. The van der Waals surface area contributed by atoms with E-state index in [9.17, 15) is 8.42 Å². The molecule has 0 saturated heterocycles. The molecule has 17 heavy (non-hydrogen) atoms. The van der Waals surface area contributed by atoms with Gasteiger partial charge in [-0.1, -0.05) is 6.92 Å². The van der Waals surface area contributed by atoms with Crippen molar-refractivity contribution in [1.82, 2.24) is 14.3 Å². The molecule has 0 unspecified atom stereocenters. The van der Waals surface area contributed by atoms with Crippen molar-refractivity contribution < 1.29 is 8.42 Å². The van der Waals surface area contributed by atoms with Crippen molar-refractivity contribution in [3.8, 4) is 0 Å². The molecule has 6 heteroatoms. The van der Waals surface area contributed by atoms with Crippen molar-refractivity contribution >= 4 is 10.0 Å². The molecule has 0 aromatic carbocycles. The Balaban J connectivity index is 1.83. The highest BCUT2D eigenvalue weighted by atomic mass is 32.2. The van der Waals surface area contributed by atoms with E-state index >= 15 is 0 Å². The normalized spacial score (nSPS) is 16.3. The van der Waals surface area contributed by atoms with E-state index in [1.165, 1.54) is 12.8 Å². The van der Waals surface area contributed by atoms with Crippen LogP contribution in [0, 0.1) is 0 Å². The van der Waals surface area contributed by atoms with Gasteiger partial charge in [-0.3, -0.25) is 0 Å². The Morgan fingerprint density at radius 1 is 1.53 bits per heavy atom. The highest BCUT2D eigenvalue weighted by Crippen LogP contribution is 2.38. The van der Waals surface area contributed by atoms with Crippen LogP contribution in [0.1, 0.15) is 37.9 Å². The predicted octanol–water partition coefficient (Wildman–Crippen LogP) is 1.09. The number of imidazole rings is 1. The minimum absolute atomic E-state index is 0.201. The molecule has 1 aliphatic carbocycles. The number of hydrogen-bond acceptors (Lipinski definition) is 3. The zero-order valence-corrected chi connectivity index (χ0v) is 10.9. The van der Waals surface area contributed by atoms with E-state index in [0.29, 0.717) is 25.4 Å². The first kappa shape index (κ1) is 12.6. The molecule has 1 aromatic heterocycles. The SMILES string of the molecule is CCCS(=O)(=O)NCCn1ccnc1C1CC1. The third kappa shape index (κ3) is 3.54. The smallest absolute Gasteiger partial charge is 0.211 e. The lowest BCUT2D eigenvalue weighted by Crippen LogP contribution is -2.29. The number of sulfonamides is 1. The van der Waals surface area contributed by atoms with E-state index in [-0.39, 0.29) is 5.75 Å². The number of hydrogen-bond donors (Lipinski definition) is 1. The van der Waals surface area contributed by atoms with Gasteiger partial charge in [0.1, 0.15) is 5.82 Å². The summed E-state index contributed by atoms with van der Waals surface area (Å²) in [5, 5.41) is 0. The van der Waals surface area contributed by atoms with Crippen LogP contribution in [0.5, 0.6) is 0 Å². The quantitative estimate of drug-likeness (QED) is 0.795. The third-order valence-corrected chi connectivity index (χ3v) is 4.43. The summed E-state index contributed by atoms with van der Waals surface area (Å²) in [4.78, 5) is 4.32. The molecule has 0 aliphatic heterocycles. The molecule has 1 saturated carbocycles. The summed E-state index contributed by atoms with van der Waals surface area (Å²) >= 11 is 0. The molecule has 1 aromatic rings. The van der Waals surface area contributed by atoms with E-state index in [0.717, 1.165) is 5.82 Å². The Morgan fingerprint density at radius 3 is 2.94 bits per heavy atom. The maximum absolute atomic E-state index is 11.5. The van der Waals surface area contributed by atoms with Gasteiger partial charge in [-0.05, 0) is 19.3 Å². The maximum atomic E-state index is 11.5. The van der Waals surface area contributed by atoms with Crippen LogP contribution in [0.4, 0.5) is 0 Å². The van der Waals surface area contributed by atoms with Crippen LogP contribution in [0.3, 0.4) is 0 Å². The molecule has 0 radical (unpaired) electrons. The summed E-state index contributed by atoms with van der Waals surface area (Å²) in [5.41, 5.74) is 0. The fraction of sp³-hybridized carbons (Fsp3) is 0.727. The van der Waals surface area contributed by atoms with E-state index in [1.54, 1.807) is 6.20 Å². The summed E-state index contributed by atoms with van der Waals surface area (Å²) < 4.78 is 27.6. The monoisotopic (exact) mass is 257 g/mol. The van der Waals surface area contributed by atoms with Crippen molar-refractivity contribution in [3.05, 3.63) is 18.2 Å². The third-order valence-electron chi connectivity index (χ3n) is 2.84. The molecule has 1 fully saturated rings. The largest absolute Gasteiger partial charge is 0.333 e. The lowest BCUT2D eigenvalue weighted by atomic mass is 10.4. The zero-order valence-electron chi connectivity index (χ0n) is 10.1. The molecule has 0 amide bonds. The summed E-state index contributed by atoms with van der Waals surface area (Å²) in [7, 11) is -3.09. The highest BCUT2D eigenvalue weighted by Gasteiger charge is 2.27. The fourth-order valence-corrected chi connectivity index (χ4v) is 2.96. The minimum atomic E-state index is -3.09. The maximum Gasteiger partial charge on any atom is 0.211 e.